The minimum Gasteiger partial charge on any atom is -0.369 e. The van der Waals surface area contributed by atoms with Crippen LogP contribution in [-0.4, -0.2) is 39.2 Å². The summed E-state index contributed by atoms with van der Waals surface area (Å²) in [6, 6.07) is 11.3. The summed E-state index contributed by atoms with van der Waals surface area (Å²) in [6.45, 7) is 5.97. The van der Waals surface area contributed by atoms with E-state index in [1.807, 2.05) is 17.6 Å². The van der Waals surface area contributed by atoms with Crippen molar-refractivity contribution in [3.05, 3.63) is 54.5 Å². The second kappa shape index (κ2) is 6.98. The lowest BCUT2D eigenvalue weighted by atomic mass is 10.2. The molecule has 1 saturated heterocycles. The van der Waals surface area contributed by atoms with Crippen molar-refractivity contribution in [3.63, 3.8) is 0 Å². The predicted octanol–water partition coefficient (Wildman–Crippen LogP) is 3.04. The molecule has 5 nitrogen and oxygen atoms in total. The Morgan fingerprint density at radius 1 is 1.11 bits per heavy atom. The molecule has 3 aromatic rings. The van der Waals surface area contributed by atoms with Crippen LogP contribution < -0.4 is 10.2 Å². The van der Waals surface area contributed by atoms with E-state index in [2.05, 4.69) is 10.2 Å². The number of piperazine rings is 1. The maximum atomic E-state index is 13.8. The number of fused-ring (bicyclic) bond motifs is 1. The first kappa shape index (κ1) is 18.0. The van der Waals surface area contributed by atoms with Crippen molar-refractivity contribution >= 4 is 26.4 Å². The number of anilines is 1. The standard InChI is InChI=1S/C20H22FN3O2S/c1-2-23-14-20(18-12-15(21)6-7-19(18)23)27(25,26)17-5-3-4-16(13-17)24-10-8-22-9-11-24/h3-7,12-14,22H,2,8-11H2,1H3. The monoisotopic (exact) mass is 387 g/mol. The molecule has 0 radical (unpaired) electrons. The number of halogens is 1. The number of nitrogens with one attached hydrogen (secondary N) is 1. The number of benzene rings is 2. The molecule has 1 fully saturated rings. The Kier molecular flexibility index (Phi) is 4.65. The molecule has 0 aliphatic carbocycles. The summed E-state index contributed by atoms with van der Waals surface area (Å²) in [5.41, 5.74) is 1.61. The summed E-state index contributed by atoms with van der Waals surface area (Å²) in [6.07, 6.45) is 1.61. The summed E-state index contributed by atoms with van der Waals surface area (Å²) in [5, 5.41) is 3.71. The predicted molar refractivity (Wildman–Crippen MR) is 105 cm³/mol. The summed E-state index contributed by atoms with van der Waals surface area (Å²) in [5.74, 6) is -0.442. The van der Waals surface area contributed by atoms with E-state index in [-0.39, 0.29) is 9.79 Å². The van der Waals surface area contributed by atoms with Crippen LogP contribution in [-0.2, 0) is 16.4 Å². The Bertz CT molecular complexity index is 1090. The number of nitrogens with zero attached hydrogens (tertiary/aromatic N) is 2. The quantitative estimate of drug-likeness (QED) is 0.748. The zero-order valence-electron chi connectivity index (χ0n) is 15.2. The van der Waals surface area contributed by atoms with E-state index in [0.29, 0.717) is 11.9 Å². The molecule has 1 aliphatic heterocycles. The molecule has 142 valence electrons. The van der Waals surface area contributed by atoms with Crippen LogP contribution in [0.15, 0.2) is 58.5 Å². The maximum absolute atomic E-state index is 13.8. The van der Waals surface area contributed by atoms with E-state index < -0.39 is 15.7 Å². The molecule has 1 aromatic heterocycles. The minimum atomic E-state index is -3.76. The summed E-state index contributed by atoms with van der Waals surface area (Å²) in [4.78, 5) is 2.55. The number of aryl methyl sites for hydroxylation is 1. The van der Waals surface area contributed by atoms with Crippen LogP contribution in [0, 0.1) is 5.82 Å². The zero-order chi connectivity index (χ0) is 19.0. The van der Waals surface area contributed by atoms with Crippen molar-refractivity contribution in [1.29, 1.82) is 0 Å². The fraction of sp³-hybridized carbons (Fsp3) is 0.300. The smallest absolute Gasteiger partial charge is 0.208 e. The van der Waals surface area contributed by atoms with Crippen molar-refractivity contribution in [1.82, 2.24) is 9.88 Å². The first-order chi connectivity index (χ1) is 13.0. The molecule has 0 unspecified atom stereocenters. The van der Waals surface area contributed by atoms with E-state index in [1.165, 1.54) is 12.1 Å². The Labute approximate surface area is 158 Å². The van der Waals surface area contributed by atoms with Crippen molar-refractivity contribution < 1.29 is 12.8 Å². The lowest BCUT2D eigenvalue weighted by Crippen LogP contribution is -2.43. The molecule has 1 N–H and O–H groups in total. The maximum Gasteiger partial charge on any atom is 0.208 e. The van der Waals surface area contributed by atoms with Gasteiger partial charge < -0.3 is 14.8 Å². The van der Waals surface area contributed by atoms with Gasteiger partial charge in [0.25, 0.3) is 0 Å². The van der Waals surface area contributed by atoms with E-state index in [0.717, 1.165) is 37.4 Å². The second-order valence-electron chi connectivity index (χ2n) is 6.68. The molecule has 0 amide bonds. The largest absolute Gasteiger partial charge is 0.369 e. The van der Waals surface area contributed by atoms with Crippen molar-refractivity contribution in [2.75, 3.05) is 31.1 Å². The number of hydrogen-bond donors (Lipinski definition) is 1. The molecule has 0 saturated carbocycles. The van der Waals surface area contributed by atoms with E-state index in [9.17, 15) is 12.8 Å². The van der Waals surface area contributed by atoms with Crippen LogP contribution in [0.2, 0.25) is 0 Å². The lowest BCUT2D eigenvalue weighted by Gasteiger charge is -2.29. The minimum absolute atomic E-state index is 0.149. The van der Waals surface area contributed by atoms with Gasteiger partial charge in [0.15, 0.2) is 0 Å². The van der Waals surface area contributed by atoms with Gasteiger partial charge in [-0.15, -0.1) is 0 Å². The van der Waals surface area contributed by atoms with Gasteiger partial charge in [0.05, 0.1) is 9.79 Å². The number of aromatic nitrogens is 1. The third-order valence-electron chi connectivity index (χ3n) is 5.05. The summed E-state index contributed by atoms with van der Waals surface area (Å²) < 4.78 is 42.4. The number of sulfone groups is 1. The Morgan fingerprint density at radius 2 is 1.89 bits per heavy atom. The Hall–Kier alpha value is -2.38. The van der Waals surface area contributed by atoms with Crippen LogP contribution >= 0.6 is 0 Å². The van der Waals surface area contributed by atoms with Gasteiger partial charge in [-0.1, -0.05) is 6.07 Å². The lowest BCUT2D eigenvalue weighted by molar-refractivity contribution is 0.587. The third kappa shape index (κ3) is 3.21. The van der Waals surface area contributed by atoms with E-state index >= 15 is 0 Å². The van der Waals surface area contributed by atoms with Crippen LogP contribution in [0.4, 0.5) is 10.1 Å². The summed E-state index contributed by atoms with van der Waals surface area (Å²) in [7, 11) is -3.76. The van der Waals surface area contributed by atoms with Crippen molar-refractivity contribution in [2.24, 2.45) is 0 Å². The highest BCUT2D eigenvalue weighted by Crippen LogP contribution is 2.32. The molecule has 1 aliphatic rings. The first-order valence-electron chi connectivity index (χ1n) is 9.10. The van der Waals surface area contributed by atoms with Gasteiger partial charge in [-0.3, -0.25) is 0 Å². The number of hydrogen-bond acceptors (Lipinski definition) is 4. The van der Waals surface area contributed by atoms with Gasteiger partial charge in [0.2, 0.25) is 9.84 Å². The molecule has 0 spiro atoms. The van der Waals surface area contributed by atoms with Gasteiger partial charge >= 0.3 is 0 Å². The highest BCUT2D eigenvalue weighted by atomic mass is 32.2. The summed E-state index contributed by atoms with van der Waals surface area (Å²) >= 11 is 0. The highest BCUT2D eigenvalue weighted by molar-refractivity contribution is 7.91. The Balaban J connectivity index is 1.82. The van der Waals surface area contributed by atoms with Crippen molar-refractivity contribution in [3.8, 4) is 0 Å². The Morgan fingerprint density at radius 3 is 2.63 bits per heavy atom. The van der Waals surface area contributed by atoms with Gasteiger partial charge in [-0.05, 0) is 43.3 Å². The molecular formula is C20H22FN3O2S. The van der Waals surface area contributed by atoms with Crippen LogP contribution in [0.25, 0.3) is 10.9 Å². The van der Waals surface area contributed by atoms with Crippen molar-refractivity contribution in [2.45, 2.75) is 23.3 Å². The zero-order valence-corrected chi connectivity index (χ0v) is 16.0. The van der Waals surface area contributed by atoms with E-state index in [4.69, 9.17) is 0 Å². The molecule has 2 heterocycles. The van der Waals surface area contributed by atoms with Gasteiger partial charge in [-0.2, -0.15) is 0 Å². The highest BCUT2D eigenvalue weighted by Gasteiger charge is 2.24. The number of rotatable bonds is 4. The van der Waals surface area contributed by atoms with E-state index in [1.54, 1.807) is 30.5 Å². The first-order valence-corrected chi connectivity index (χ1v) is 10.6. The fourth-order valence-corrected chi connectivity index (χ4v) is 5.12. The molecule has 0 bridgehead atoms. The molecular weight excluding hydrogens is 365 g/mol. The molecule has 4 rings (SSSR count). The third-order valence-corrected chi connectivity index (χ3v) is 6.83. The SMILES string of the molecule is CCn1cc(S(=O)(=O)c2cccc(N3CCNCC3)c2)c2cc(F)ccc21. The molecule has 7 heteroatoms. The average molecular weight is 387 g/mol. The molecule has 0 atom stereocenters. The normalized spacial score (nSPS) is 15.4. The average Bonchev–Trinajstić information content (AvgIpc) is 3.07. The molecule has 2 aromatic carbocycles. The molecule has 27 heavy (non-hydrogen) atoms. The fourth-order valence-electron chi connectivity index (χ4n) is 3.61. The van der Waals surface area contributed by atoms with Gasteiger partial charge in [0.1, 0.15) is 5.82 Å². The topological polar surface area (TPSA) is 54.3 Å². The van der Waals surface area contributed by atoms with Crippen LogP contribution in [0.1, 0.15) is 6.92 Å². The van der Waals surface area contributed by atoms with Gasteiger partial charge in [-0.25, -0.2) is 12.8 Å². The van der Waals surface area contributed by atoms with Crippen LogP contribution in [0.5, 0.6) is 0 Å². The van der Waals surface area contributed by atoms with Gasteiger partial charge in [0, 0.05) is 55.5 Å². The van der Waals surface area contributed by atoms with Crippen LogP contribution in [0.3, 0.4) is 0 Å². The second-order valence-corrected chi connectivity index (χ2v) is 8.60.